The van der Waals surface area contributed by atoms with Gasteiger partial charge in [0, 0.05) is 27.6 Å². The Bertz CT molecular complexity index is 411. The monoisotopic (exact) mass is 303 g/mol. The van der Waals surface area contributed by atoms with Gasteiger partial charge in [-0.05, 0) is 19.6 Å². The molecule has 0 bridgehead atoms. The molecule has 0 rings (SSSR count). The maximum atomic E-state index is 12.2. The van der Waals surface area contributed by atoms with Gasteiger partial charge in [0.15, 0.2) is 11.1 Å². The minimum atomic E-state index is -2.81. The number of allylic oxidation sites excluding steroid dienone is 1. The summed E-state index contributed by atoms with van der Waals surface area (Å²) in [5.41, 5.74) is 0. The minimum Gasteiger partial charge on any atom is -0.339 e. The number of carbonyl (C=O) groups is 2. The summed E-state index contributed by atoms with van der Waals surface area (Å²) in [7, 11) is 0.0743. The second-order valence-corrected chi connectivity index (χ2v) is 7.44. The second kappa shape index (κ2) is 8.40. The van der Waals surface area contributed by atoms with E-state index in [4.69, 9.17) is 9.05 Å². The van der Waals surface area contributed by atoms with E-state index in [0.29, 0.717) is 6.42 Å². The quantitative estimate of drug-likeness (QED) is 0.525. The topological polar surface area (TPSA) is 64.6 Å². The fourth-order valence-electron chi connectivity index (χ4n) is 1.96. The fourth-order valence-corrected chi connectivity index (χ4v) is 3.93. The molecule has 0 aliphatic carbocycles. The van der Waals surface area contributed by atoms with E-state index in [1.54, 1.807) is 0 Å². The van der Waals surface area contributed by atoms with Crippen molar-refractivity contribution in [1.29, 1.82) is 0 Å². The van der Waals surface area contributed by atoms with Crippen molar-refractivity contribution in [3.8, 4) is 0 Å². The van der Waals surface area contributed by atoms with E-state index in [0.717, 1.165) is 12.8 Å². The predicted octanol–water partition coefficient (Wildman–Crippen LogP) is 2.73. The lowest BCUT2D eigenvalue weighted by Gasteiger charge is -2.40. The van der Waals surface area contributed by atoms with Gasteiger partial charge in [-0.1, -0.05) is 25.5 Å². The number of unbranched alkanes of at least 4 members (excludes halogenated alkanes) is 1. The average Bonchev–Trinajstić information content (AvgIpc) is 2.40. The number of carbonyl (C=O) groups excluding carboxylic acids is 2. The summed E-state index contributed by atoms with van der Waals surface area (Å²) in [5.74, 6) is -0.535. The van der Waals surface area contributed by atoms with Gasteiger partial charge < -0.3 is 14.4 Å². The third-order valence-corrected chi connectivity index (χ3v) is 6.12. The SMILES string of the molecule is C=P(OC)(OC)[C@](C/C=C/CCC)(NC(C)=O)C(C)=O. The van der Waals surface area contributed by atoms with Gasteiger partial charge in [-0.25, -0.2) is 0 Å². The van der Waals surface area contributed by atoms with Crippen LogP contribution in [0.1, 0.15) is 40.0 Å². The number of rotatable bonds is 9. The summed E-state index contributed by atoms with van der Waals surface area (Å²) in [4.78, 5) is 23.7. The van der Waals surface area contributed by atoms with E-state index >= 15 is 0 Å². The Labute approximate surface area is 121 Å². The van der Waals surface area contributed by atoms with Crippen LogP contribution in [0.2, 0.25) is 0 Å². The summed E-state index contributed by atoms with van der Waals surface area (Å²) < 4.78 is 10.8. The lowest BCUT2D eigenvalue weighted by molar-refractivity contribution is -0.127. The van der Waals surface area contributed by atoms with Crippen LogP contribution in [0.25, 0.3) is 0 Å². The molecule has 1 amide bonds. The molecule has 0 saturated heterocycles. The number of hydrogen-bond donors (Lipinski definition) is 1. The lowest BCUT2D eigenvalue weighted by Crippen LogP contribution is -2.53. The Hall–Kier alpha value is -0.900. The molecule has 116 valence electrons. The Balaban J connectivity index is 5.64. The molecule has 0 heterocycles. The van der Waals surface area contributed by atoms with Crippen LogP contribution in [0, 0.1) is 0 Å². The third-order valence-electron chi connectivity index (χ3n) is 3.17. The van der Waals surface area contributed by atoms with E-state index in [1.165, 1.54) is 28.1 Å². The standard InChI is InChI=1S/C14H26NO4P/c1-7-8-9-10-11-14(12(2)16,15-13(3)17)20(6,18-4)19-5/h9-10H,6-8,11H2,1-5H3,(H,15,17)/b10-9+/t14-/m0/s1. The molecule has 0 saturated carbocycles. The highest BCUT2D eigenvalue weighted by Crippen LogP contribution is 2.59. The predicted molar refractivity (Wildman–Crippen MR) is 84.0 cm³/mol. The van der Waals surface area contributed by atoms with Gasteiger partial charge >= 0.3 is 0 Å². The number of amides is 1. The smallest absolute Gasteiger partial charge is 0.218 e. The molecule has 0 aliphatic heterocycles. The Kier molecular flexibility index (Phi) is 8.02. The average molecular weight is 303 g/mol. The highest BCUT2D eigenvalue weighted by molar-refractivity contribution is 7.67. The van der Waals surface area contributed by atoms with Crippen LogP contribution in [-0.2, 0) is 18.6 Å². The van der Waals surface area contributed by atoms with Gasteiger partial charge in [-0.3, -0.25) is 9.59 Å². The first-order valence-corrected chi connectivity index (χ1v) is 8.40. The van der Waals surface area contributed by atoms with Crippen LogP contribution in [0.15, 0.2) is 12.2 Å². The molecular weight excluding hydrogens is 277 g/mol. The first-order chi connectivity index (χ1) is 9.29. The van der Waals surface area contributed by atoms with Crippen LogP contribution in [-0.4, -0.2) is 37.5 Å². The minimum absolute atomic E-state index is 0.221. The zero-order valence-corrected chi connectivity index (χ0v) is 14.0. The first-order valence-electron chi connectivity index (χ1n) is 6.59. The van der Waals surface area contributed by atoms with Crippen LogP contribution in [0.4, 0.5) is 0 Å². The molecule has 20 heavy (non-hydrogen) atoms. The van der Waals surface area contributed by atoms with Gasteiger partial charge in [-0.15, -0.1) is 0 Å². The zero-order valence-electron chi connectivity index (χ0n) is 13.1. The molecule has 0 aromatic heterocycles. The second-order valence-electron chi connectivity index (χ2n) is 4.60. The third kappa shape index (κ3) is 4.30. The van der Waals surface area contributed by atoms with Gasteiger partial charge in [0.2, 0.25) is 5.91 Å². The zero-order chi connectivity index (χ0) is 15.8. The lowest BCUT2D eigenvalue weighted by atomic mass is 10.1. The maximum absolute atomic E-state index is 12.2. The van der Waals surface area contributed by atoms with Gasteiger partial charge in [0.1, 0.15) is 7.34 Å². The van der Waals surface area contributed by atoms with Crippen molar-refractivity contribution in [3.05, 3.63) is 12.2 Å². The normalized spacial score (nSPS) is 15.1. The van der Waals surface area contributed by atoms with Crippen molar-refractivity contribution in [3.63, 3.8) is 0 Å². The molecule has 5 nitrogen and oxygen atoms in total. The summed E-state index contributed by atoms with van der Waals surface area (Å²) in [6.45, 7) is 4.85. The Morgan fingerprint density at radius 2 is 1.80 bits per heavy atom. The molecule has 0 spiro atoms. The van der Waals surface area contributed by atoms with E-state index in [9.17, 15) is 9.59 Å². The van der Waals surface area contributed by atoms with Crippen molar-refractivity contribution in [2.24, 2.45) is 0 Å². The van der Waals surface area contributed by atoms with Gasteiger partial charge in [-0.2, -0.15) is 0 Å². The van der Waals surface area contributed by atoms with E-state index < -0.39 is 12.6 Å². The number of nitrogens with one attached hydrogen (secondary N) is 1. The van der Waals surface area contributed by atoms with E-state index in [1.807, 2.05) is 12.2 Å². The van der Waals surface area contributed by atoms with Crippen LogP contribution in [0.3, 0.4) is 0 Å². The molecule has 6 heteroatoms. The molecule has 0 fully saturated rings. The van der Waals surface area contributed by atoms with Crippen molar-refractivity contribution in [2.75, 3.05) is 14.2 Å². The number of ketones is 1. The largest absolute Gasteiger partial charge is 0.339 e. The first kappa shape index (κ1) is 19.1. The molecule has 0 radical (unpaired) electrons. The molecule has 0 aromatic carbocycles. The fraction of sp³-hybridized carbons (Fsp3) is 0.643. The molecule has 0 unspecified atom stereocenters. The van der Waals surface area contributed by atoms with Crippen LogP contribution < -0.4 is 5.32 Å². The van der Waals surface area contributed by atoms with E-state index in [2.05, 4.69) is 18.5 Å². The number of hydrogen-bond acceptors (Lipinski definition) is 4. The van der Waals surface area contributed by atoms with Gasteiger partial charge in [0.25, 0.3) is 0 Å². The van der Waals surface area contributed by atoms with Crippen LogP contribution in [0.5, 0.6) is 0 Å². The molecular formula is C14H26NO4P. The summed E-state index contributed by atoms with van der Waals surface area (Å²) in [5, 5.41) is 1.47. The molecule has 0 aliphatic rings. The van der Waals surface area contributed by atoms with Crippen molar-refractivity contribution < 1.29 is 18.6 Å². The van der Waals surface area contributed by atoms with Crippen molar-refractivity contribution >= 4 is 25.3 Å². The summed E-state index contributed by atoms with van der Waals surface area (Å²) in [6.07, 6.45) is 10.0. The Morgan fingerprint density at radius 3 is 2.15 bits per heavy atom. The van der Waals surface area contributed by atoms with Gasteiger partial charge in [0.05, 0.1) is 0 Å². The molecule has 0 aromatic rings. The molecule has 1 N–H and O–H groups in total. The van der Waals surface area contributed by atoms with Crippen molar-refractivity contribution in [1.82, 2.24) is 5.32 Å². The maximum Gasteiger partial charge on any atom is 0.218 e. The van der Waals surface area contributed by atoms with Crippen LogP contribution >= 0.6 is 7.34 Å². The highest BCUT2D eigenvalue weighted by Gasteiger charge is 2.48. The summed E-state index contributed by atoms with van der Waals surface area (Å²) in [6, 6.07) is 0. The Morgan fingerprint density at radius 1 is 1.25 bits per heavy atom. The number of Topliss-reactive ketones (excluding diaryl/α,β-unsaturated/α-hetero) is 1. The molecule has 1 atom stereocenters. The van der Waals surface area contributed by atoms with Crippen molar-refractivity contribution in [2.45, 2.75) is 45.3 Å². The van der Waals surface area contributed by atoms with E-state index in [-0.39, 0.29) is 11.7 Å². The summed E-state index contributed by atoms with van der Waals surface area (Å²) >= 11 is 0. The highest BCUT2D eigenvalue weighted by atomic mass is 31.2.